The molecule has 0 bridgehead atoms. The zero-order valence-electron chi connectivity index (χ0n) is 16.9. The molecule has 158 valence electrons. The maximum Gasteiger partial charge on any atom is 0.256 e. The number of hydrogen-bond donors (Lipinski definition) is 1. The largest absolute Gasteiger partial charge is 0.497 e. The number of thiocarbonyl (C=S) groups is 1. The molecular formula is C23H21N3O4S. The highest BCUT2D eigenvalue weighted by molar-refractivity contribution is 7.80. The molecule has 7 nitrogen and oxygen atoms in total. The number of nitrogens with zero attached hydrogens (tertiary/aromatic N) is 2. The molecule has 1 aromatic heterocycles. The molecule has 1 aliphatic rings. The molecule has 0 unspecified atom stereocenters. The van der Waals surface area contributed by atoms with Crippen LogP contribution < -0.4 is 15.0 Å². The number of methoxy groups -OCH3 is 1. The van der Waals surface area contributed by atoms with E-state index < -0.39 is 6.04 Å². The molecule has 0 spiro atoms. The number of amides is 2. The van der Waals surface area contributed by atoms with E-state index in [0.717, 1.165) is 0 Å². The number of ether oxygens (including phenoxy) is 1. The average Bonchev–Trinajstić information content (AvgIpc) is 3.37. The zero-order chi connectivity index (χ0) is 21.8. The van der Waals surface area contributed by atoms with E-state index in [9.17, 15) is 9.59 Å². The Kier molecular flexibility index (Phi) is 5.99. The van der Waals surface area contributed by atoms with E-state index in [0.29, 0.717) is 34.5 Å². The molecule has 1 saturated heterocycles. The Morgan fingerprint density at radius 1 is 1.10 bits per heavy atom. The van der Waals surface area contributed by atoms with Gasteiger partial charge in [0.2, 0.25) is 5.91 Å². The van der Waals surface area contributed by atoms with Crippen LogP contribution in [0.5, 0.6) is 5.75 Å². The van der Waals surface area contributed by atoms with Crippen LogP contribution in [0.2, 0.25) is 0 Å². The van der Waals surface area contributed by atoms with E-state index >= 15 is 0 Å². The van der Waals surface area contributed by atoms with Crippen molar-refractivity contribution in [3.05, 3.63) is 78.8 Å². The number of carbonyl (C=O) groups is 2. The van der Waals surface area contributed by atoms with Gasteiger partial charge in [0.15, 0.2) is 5.11 Å². The molecule has 1 atom stereocenters. The third kappa shape index (κ3) is 4.44. The second kappa shape index (κ2) is 9.01. The van der Waals surface area contributed by atoms with Gasteiger partial charge < -0.3 is 19.4 Å². The van der Waals surface area contributed by atoms with E-state index in [1.807, 2.05) is 36.4 Å². The van der Waals surface area contributed by atoms with Gasteiger partial charge in [-0.05, 0) is 60.7 Å². The number of benzene rings is 2. The van der Waals surface area contributed by atoms with Crippen LogP contribution in [0.3, 0.4) is 0 Å². The summed E-state index contributed by atoms with van der Waals surface area (Å²) in [6.45, 7) is 0.293. The highest BCUT2D eigenvalue weighted by Gasteiger charge is 2.44. The molecule has 0 aliphatic carbocycles. The van der Waals surface area contributed by atoms with E-state index in [1.54, 1.807) is 48.6 Å². The van der Waals surface area contributed by atoms with Gasteiger partial charge in [0, 0.05) is 5.69 Å². The number of nitrogens with one attached hydrogen (secondary N) is 1. The van der Waals surface area contributed by atoms with Crippen molar-refractivity contribution in [3.63, 3.8) is 0 Å². The Hall–Kier alpha value is -3.65. The number of carbonyl (C=O) groups excluding carboxylic acids is 2. The van der Waals surface area contributed by atoms with Gasteiger partial charge in [0.05, 0.1) is 32.0 Å². The fourth-order valence-electron chi connectivity index (χ4n) is 3.46. The molecule has 0 saturated carbocycles. The summed E-state index contributed by atoms with van der Waals surface area (Å²) >= 11 is 5.63. The molecule has 31 heavy (non-hydrogen) atoms. The second-order valence-electron chi connectivity index (χ2n) is 7.00. The molecule has 2 amide bonds. The monoisotopic (exact) mass is 435 g/mol. The summed E-state index contributed by atoms with van der Waals surface area (Å²) in [5, 5.41) is 3.17. The van der Waals surface area contributed by atoms with Crippen molar-refractivity contribution in [2.24, 2.45) is 0 Å². The van der Waals surface area contributed by atoms with Crippen LogP contribution in [0, 0.1) is 0 Å². The first-order valence-corrected chi connectivity index (χ1v) is 10.1. The van der Waals surface area contributed by atoms with Crippen LogP contribution >= 0.6 is 12.2 Å². The predicted octanol–water partition coefficient (Wildman–Crippen LogP) is 3.82. The van der Waals surface area contributed by atoms with Gasteiger partial charge in [-0.15, -0.1) is 0 Å². The third-order valence-electron chi connectivity index (χ3n) is 4.99. The van der Waals surface area contributed by atoms with Crippen molar-refractivity contribution in [3.8, 4) is 5.75 Å². The molecule has 0 radical (unpaired) electrons. The fourth-order valence-corrected chi connectivity index (χ4v) is 3.85. The first-order chi connectivity index (χ1) is 15.1. The highest BCUT2D eigenvalue weighted by Crippen LogP contribution is 2.29. The zero-order valence-corrected chi connectivity index (χ0v) is 17.7. The summed E-state index contributed by atoms with van der Waals surface area (Å²) in [6, 6.07) is 19.0. The third-order valence-corrected chi connectivity index (χ3v) is 5.41. The standard InChI is InChI=1S/C23H21N3O4S/c1-29-18-11-9-16(10-12-18)24-21(27)14-20-22(28)26(17-6-3-2-4-7-17)23(31)25(20)15-19-8-5-13-30-19/h2-13,20H,14-15H2,1H3,(H,24,27)/t20-/m0/s1. The van der Waals surface area contributed by atoms with Gasteiger partial charge in [0.1, 0.15) is 17.6 Å². The molecule has 4 rings (SSSR count). The van der Waals surface area contributed by atoms with E-state index in [1.165, 1.54) is 4.90 Å². The Labute approximate surface area is 185 Å². The van der Waals surface area contributed by atoms with Crippen molar-refractivity contribution < 1.29 is 18.7 Å². The quantitative estimate of drug-likeness (QED) is 0.569. The second-order valence-corrected chi connectivity index (χ2v) is 7.36. The average molecular weight is 436 g/mol. The normalized spacial score (nSPS) is 16.0. The van der Waals surface area contributed by atoms with Crippen LogP contribution in [0.15, 0.2) is 77.4 Å². The Morgan fingerprint density at radius 3 is 2.48 bits per heavy atom. The first-order valence-electron chi connectivity index (χ1n) is 9.72. The van der Waals surface area contributed by atoms with Gasteiger partial charge in [-0.3, -0.25) is 14.5 Å². The topological polar surface area (TPSA) is 75.0 Å². The summed E-state index contributed by atoms with van der Waals surface area (Å²) in [5.41, 5.74) is 1.29. The number of anilines is 2. The first kappa shape index (κ1) is 20.6. The molecule has 8 heteroatoms. The number of furan rings is 1. The lowest BCUT2D eigenvalue weighted by atomic mass is 10.1. The van der Waals surface area contributed by atoms with Gasteiger partial charge in [-0.1, -0.05) is 18.2 Å². The Bertz CT molecular complexity index is 1070. The summed E-state index contributed by atoms with van der Waals surface area (Å²) in [7, 11) is 1.58. The summed E-state index contributed by atoms with van der Waals surface area (Å²) in [5.74, 6) is 0.821. The van der Waals surface area contributed by atoms with Gasteiger partial charge in [-0.25, -0.2) is 0 Å². The summed E-state index contributed by atoms with van der Waals surface area (Å²) in [4.78, 5) is 29.3. The predicted molar refractivity (Wildman–Crippen MR) is 121 cm³/mol. The minimum atomic E-state index is -0.740. The van der Waals surface area contributed by atoms with E-state index in [4.69, 9.17) is 21.4 Å². The van der Waals surface area contributed by atoms with Crippen molar-refractivity contribution in [2.45, 2.75) is 19.0 Å². The van der Waals surface area contributed by atoms with Crippen molar-refractivity contribution in [1.82, 2.24) is 4.90 Å². The van der Waals surface area contributed by atoms with Crippen LogP contribution in [0.4, 0.5) is 11.4 Å². The van der Waals surface area contributed by atoms with Crippen molar-refractivity contribution in [2.75, 3.05) is 17.3 Å². The van der Waals surface area contributed by atoms with Crippen LogP contribution in [-0.2, 0) is 16.1 Å². The molecular weight excluding hydrogens is 414 g/mol. The number of para-hydroxylation sites is 1. The fraction of sp³-hybridized carbons (Fsp3) is 0.174. The minimum Gasteiger partial charge on any atom is -0.497 e. The maximum absolute atomic E-state index is 13.3. The molecule has 3 aromatic rings. The van der Waals surface area contributed by atoms with Crippen LogP contribution in [-0.4, -0.2) is 35.0 Å². The van der Waals surface area contributed by atoms with E-state index in [2.05, 4.69) is 5.32 Å². The van der Waals surface area contributed by atoms with Gasteiger partial charge in [-0.2, -0.15) is 0 Å². The number of hydrogen-bond acceptors (Lipinski definition) is 5. The highest BCUT2D eigenvalue weighted by atomic mass is 32.1. The lowest BCUT2D eigenvalue weighted by molar-refractivity contribution is -0.124. The van der Waals surface area contributed by atoms with Gasteiger partial charge >= 0.3 is 0 Å². The SMILES string of the molecule is COc1ccc(NC(=O)C[C@H]2C(=O)N(c3ccccc3)C(=S)N2Cc2ccco2)cc1. The maximum atomic E-state index is 13.3. The van der Waals surface area contributed by atoms with Crippen molar-refractivity contribution in [1.29, 1.82) is 0 Å². The van der Waals surface area contributed by atoms with Crippen molar-refractivity contribution >= 4 is 40.5 Å². The lowest BCUT2D eigenvalue weighted by Gasteiger charge is -2.22. The smallest absolute Gasteiger partial charge is 0.256 e. The van der Waals surface area contributed by atoms with E-state index in [-0.39, 0.29) is 18.2 Å². The van der Waals surface area contributed by atoms with Crippen LogP contribution in [0.1, 0.15) is 12.2 Å². The molecule has 1 aliphatic heterocycles. The lowest BCUT2D eigenvalue weighted by Crippen LogP contribution is -2.37. The Balaban J connectivity index is 1.55. The summed E-state index contributed by atoms with van der Waals surface area (Å²) in [6.07, 6.45) is 1.52. The molecule has 1 N–H and O–H groups in total. The molecule has 1 fully saturated rings. The van der Waals surface area contributed by atoms with Crippen LogP contribution in [0.25, 0.3) is 0 Å². The summed E-state index contributed by atoms with van der Waals surface area (Å²) < 4.78 is 10.6. The molecule has 2 heterocycles. The van der Waals surface area contributed by atoms with Gasteiger partial charge in [0.25, 0.3) is 5.91 Å². The number of rotatable bonds is 7. The molecule has 2 aromatic carbocycles. The minimum absolute atomic E-state index is 0.0466. The Morgan fingerprint density at radius 2 is 1.84 bits per heavy atom.